The van der Waals surface area contributed by atoms with Gasteiger partial charge in [-0.05, 0) is 24.6 Å². The zero-order chi connectivity index (χ0) is 12.0. The number of rotatable bonds is 3. The Hall–Kier alpha value is -1.60. The predicted octanol–water partition coefficient (Wildman–Crippen LogP) is 2.92. The van der Waals surface area contributed by atoms with Crippen LogP contribution < -0.4 is 0 Å². The molecule has 3 nitrogen and oxygen atoms in total. The van der Waals surface area contributed by atoms with Gasteiger partial charge in [-0.2, -0.15) is 5.26 Å². The second-order valence-electron chi connectivity index (χ2n) is 2.91. The third kappa shape index (κ3) is 3.21. The average molecular weight is 280 g/mol. The van der Waals surface area contributed by atoms with Gasteiger partial charge in [0.15, 0.2) is 0 Å². The first-order valence-electron chi connectivity index (χ1n) is 4.72. The molecule has 1 aromatic carbocycles. The van der Waals surface area contributed by atoms with E-state index in [2.05, 4.69) is 15.9 Å². The summed E-state index contributed by atoms with van der Waals surface area (Å²) in [5, 5.41) is 8.84. The van der Waals surface area contributed by atoms with Crippen molar-refractivity contribution in [3.8, 4) is 6.07 Å². The van der Waals surface area contributed by atoms with Crippen LogP contribution >= 0.6 is 15.9 Å². The summed E-state index contributed by atoms with van der Waals surface area (Å²) in [7, 11) is 0. The molecule has 0 atom stereocenters. The van der Waals surface area contributed by atoms with Crippen LogP contribution in [0.1, 0.15) is 12.5 Å². The summed E-state index contributed by atoms with van der Waals surface area (Å²) in [6, 6.07) is 9.16. The lowest BCUT2D eigenvalue weighted by Crippen LogP contribution is -2.06. The van der Waals surface area contributed by atoms with Crippen LogP contribution in [0.4, 0.5) is 0 Å². The molecule has 0 N–H and O–H groups in total. The van der Waals surface area contributed by atoms with Gasteiger partial charge in [-0.25, -0.2) is 4.79 Å². The van der Waals surface area contributed by atoms with Crippen molar-refractivity contribution in [2.45, 2.75) is 6.92 Å². The normalized spacial score (nSPS) is 10.7. The highest BCUT2D eigenvalue weighted by atomic mass is 79.9. The molecule has 0 aliphatic heterocycles. The highest BCUT2D eigenvalue weighted by molar-refractivity contribution is 9.10. The van der Waals surface area contributed by atoms with Gasteiger partial charge in [0, 0.05) is 4.47 Å². The number of benzene rings is 1. The van der Waals surface area contributed by atoms with Crippen molar-refractivity contribution in [1.82, 2.24) is 0 Å². The Morgan fingerprint density at radius 2 is 2.25 bits per heavy atom. The maximum atomic E-state index is 11.4. The molecule has 1 aromatic rings. The van der Waals surface area contributed by atoms with E-state index in [0.717, 1.165) is 10.0 Å². The first-order chi connectivity index (χ1) is 7.69. The molecule has 4 heteroatoms. The molecule has 0 bridgehead atoms. The monoisotopic (exact) mass is 279 g/mol. The van der Waals surface area contributed by atoms with Gasteiger partial charge >= 0.3 is 5.97 Å². The van der Waals surface area contributed by atoms with Gasteiger partial charge in [-0.1, -0.05) is 34.1 Å². The SMILES string of the molecule is CCOC(=O)/C(C#N)=C/c1ccccc1Br. The molecule has 0 amide bonds. The minimum Gasteiger partial charge on any atom is -0.462 e. The van der Waals surface area contributed by atoms with E-state index in [0.29, 0.717) is 0 Å². The summed E-state index contributed by atoms with van der Waals surface area (Å²) in [6.45, 7) is 1.96. The zero-order valence-electron chi connectivity index (χ0n) is 8.74. The Balaban J connectivity index is 3.02. The van der Waals surface area contributed by atoms with Crippen LogP contribution in [0.2, 0.25) is 0 Å². The third-order valence-electron chi connectivity index (χ3n) is 1.82. The minimum atomic E-state index is -0.597. The molecule has 0 saturated carbocycles. The summed E-state index contributed by atoms with van der Waals surface area (Å²) in [5.41, 5.74) is 0.765. The number of nitriles is 1. The van der Waals surface area contributed by atoms with Gasteiger partial charge in [0.1, 0.15) is 11.6 Å². The molecule has 0 saturated heterocycles. The molecule has 0 aromatic heterocycles. The minimum absolute atomic E-state index is 0.00579. The van der Waals surface area contributed by atoms with Crippen LogP contribution in [0.5, 0.6) is 0 Å². The molecule has 0 aliphatic rings. The Kier molecular flexibility index (Phi) is 4.74. The van der Waals surface area contributed by atoms with Crippen LogP contribution in [0.25, 0.3) is 6.08 Å². The molecule has 0 spiro atoms. The Bertz CT molecular complexity index is 460. The quantitative estimate of drug-likeness (QED) is 0.486. The lowest BCUT2D eigenvalue weighted by Gasteiger charge is -2.01. The summed E-state index contributed by atoms with van der Waals surface area (Å²) in [5.74, 6) is -0.597. The van der Waals surface area contributed by atoms with E-state index in [1.54, 1.807) is 13.0 Å². The Labute approximate surface area is 102 Å². The van der Waals surface area contributed by atoms with Crippen molar-refractivity contribution >= 4 is 28.0 Å². The van der Waals surface area contributed by atoms with Crippen LogP contribution in [-0.4, -0.2) is 12.6 Å². The molecule has 1 rings (SSSR count). The van der Waals surface area contributed by atoms with Crippen LogP contribution in [0.3, 0.4) is 0 Å². The molecular weight excluding hydrogens is 270 g/mol. The number of hydrogen-bond acceptors (Lipinski definition) is 3. The Morgan fingerprint density at radius 3 is 2.81 bits per heavy atom. The third-order valence-corrected chi connectivity index (χ3v) is 2.54. The van der Waals surface area contributed by atoms with Gasteiger partial charge in [0.05, 0.1) is 6.61 Å². The number of carbonyl (C=O) groups is 1. The van der Waals surface area contributed by atoms with Crippen molar-refractivity contribution in [3.63, 3.8) is 0 Å². The first kappa shape index (κ1) is 12.5. The van der Waals surface area contributed by atoms with Crippen molar-refractivity contribution in [2.75, 3.05) is 6.61 Å². The molecule has 0 unspecified atom stereocenters. The van der Waals surface area contributed by atoms with E-state index >= 15 is 0 Å². The predicted molar refractivity (Wildman–Crippen MR) is 64.4 cm³/mol. The van der Waals surface area contributed by atoms with E-state index in [1.807, 2.05) is 24.3 Å². The fourth-order valence-corrected chi connectivity index (χ4v) is 1.49. The van der Waals surface area contributed by atoms with Gasteiger partial charge in [0.25, 0.3) is 0 Å². The highest BCUT2D eigenvalue weighted by Gasteiger charge is 2.10. The van der Waals surface area contributed by atoms with E-state index < -0.39 is 5.97 Å². The fraction of sp³-hybridized carbons (Fsp3) is 0.167. The number of esters is 1. The van der Waals surface area contributed by atoms with E-state index in [4.69, 9.17) is 10.00 Å². The lowest BCUT2D eigenvalue weighted by molar-refractivity contribution is -0.137. The smallest absolute Gasteiger partial charge is 0.348 e. The van der Waals surface area contributed by atoms with Crippen LogP contribution in [0.15, 0.2) is 34.3 Å². The van der Waals surface area contributed by atoms with Crippen LogP contribution in [0, 0.1) is 11.3 Å². The number of nitrogens with zero attached hydrogens (tertiary/aromatic N) is 1. The van der Waals surface area contributed by atoms with Gasteiger partial charge in [-0.15, -0.1) is 0 Å². The van der Waals surface area contributed by atoms with E-state index in [9.17, 15) is 4.79 Å². The molecule has 0 aliphatic carbocycles. The lowest BCUT2D eigenvalue weighted by atomic mass is 10.1. The molecular formula is C12H10BrNO2. The van der Waals surface area contributed by atoms with E-state index in [1.165, 1.54) is 6.08 Å². The van der Waals surface area contributed by atoms with Gasteiger partial charge < -0.3 is 4.74 Å². The van der Waals surface area contributed by atoms with Crippen molar-refractivity contribution < 1.29 is 9.53 Å². The summed E-state index contributed by atoms with van der Waals surface area (Å²) in [4.78, 5) is 11.4. The van der Waals surface area contributed by atoms with Crippen molar-refractivity contribution in [2.24, 2.45) is 0 Å². The summed E-state index contributed by atoms with van der Waals surface area (Å²) >= 11 is 3.34. The van der Waals surface area contributed by atoms with Gasteiger partial charge in [-0.3, -0.25) is 0 Å². The molecule has 0 heterocycles. The molecule has 0 fully saturated rings. The zero-order valence-corrected chi connectivity index (χ0v) is 10.3. The second-order valence-corrected chi connectivity index (χ2v) is 3.77. The van der Waals surface area contributed by atoms with Crippen molar-refractivity contribution in [1.29, 1.82) is 5.26 Å². The summed E-state index contributed by atoms with van der Waals surface area (Å²) in [6.07, 6.45) is 1.50. The number of halogens is 1. The summed E-state index contributed by atoms with van der Waals surface area (Å²) < 4.78 is 5.59. The number of carbonyl (C=O) groups excluding carboxylic acids is 1. The number of hydrogen-bond donors (Lipinski definition) is 0. The standard InChI is InChI=1S/C12H10BrNO2/c1-2-16-12(15)10(8-14)7-9-5-3-4-6-11(9)13/h3-7H,2H2,1H3/b10-7+. The van der Waals surface area contributed by atoms with E-state index in [-0.39, 0.29) is 12.2 Å². The van der Waals surface area contributed by atoms with Crippen molar-refractivity contribution in [3.05, 3.63) is 39.9 Å². The highest BCUT2D eigenvalue weighted by Crippen LogP contribution is 2.19. The Morgan fingerprint density at radius 1 is 1.56 bits per heavy atom. The maximum absolute atomic E-state index is 11.4. The van der Waals surface area contributed by atoms with Crippen LogP contribution in [-0.2, 0) is 9.53 Å². The largest absolute Gasteiger partial charge is 0.462 e. The first-order valence-corrected chi connectivity index (χ1v) is 5.51. The molecule has 0 radical (unpaired) electrons. The topological polar surface area (TPSA) is 50.1 Å². The average Bonchev–Trinajstić information content (AvgIpc) is 2.28. The molecule has 82 valence electrons. The second kappa shape index (κ2) is 6.09. The number of ether oxygens (including phenoxy) is 1. The maximum Gasteiger partial charge on any atom is 0.348 e. The molecule has 16 heavy (non-hydrogen) atoms. The fourth-order valence-electron chi connectivity index (χ4n) is 1.09. The van der Waals surface area contributed by atoms with Gasteiger partial charge in [0.2, 0.25) is 0 Å².